The van der Waals surface area contributed by atoms with Crippen molar-refractivity contribution in [2.45, 2.75) is 51.1 Å². The van der Waals surface area contributed by atoms with Crippen molar-refractivity contribution in [1.82, 2.24) is 0 Å². The average Bonchev–Trinajstić information content (AvgIpc) is 3.24. The van der Waals surface area contributed by atoms with Crippen LogP contribution in [0.25, 0.3) is 0 Å². The smallest absolute Gasteiger partial charge is 0.454 e. The molecule has 4 aliphatic carbocycles. The molecule has 0 radical (unpaired) electrons. The van der Waals surface area contributed by atoms with Gasteiger partial charge in [0.15, 0.2) is 11.4 Å². The van der Waals surface area contributed by atoms with Crippen LogP contribution in [-0.4, -0.2) is 75.4 Å². The SMILES string of the molecule is CNc1ccccc1C(=O)O[C@@H]1[C@@H](C)[C@]2(O)[C@@H]3C=C(C)C(=O)[C@H]3[C@H](O)C(CO)=C[C@H]2[C@@H]2C(C)(C)[C@]12OC(=O)O. The van der Waals surface area contributed by atoms with E-state index in [0.717, 1.165) is 0 Å². The topological polar surface area (TPSA) is 163 Å². The summed E-state index contributed by atoms with van der Waals surface area (Å²) in [5, 5.41) is 46.8. The van der Waals surface area contributed by atoms with Crippen LogP contribution in [0, 0.1) is 35.0 Å². The number of hydrogen-bond donors (Lipinski definition) is 5. The summed E-state index contributed by atoms with van der Waals surface area (Å²) < 4.78 is 11.7. The molecule has 2 saturated carbocycles. The minimum atomic E-state index is -1.74. The minimum absolute atomic E-state index is 0.180. The van der Waals surface area contributed by atoms with E-state index in [9.17, 15) is 34.8 Å². The van der Waals surface area contributed by atoms with Crippen LogP contribution in [0.3, 0.4) is 0 Å². The van der Waals surface area contributed by atoms with Gasteiger partial charge in [-0.3, -0.25) is 4.79 Å². The first-order valence-corrected chi connectivity index (χ1v) is 13.1. The van der Waals surface area contributed by atoms with Crippen molar-refractivity contribution in [2.24, 2.45) is 35.0 Å². The van der Waals surface area contributed by atoms with E-state index in [2.05, 4.69) is 5.32 Å². The third-order valence-electron chi connectivity index (χ3n) is 9.91. The lowest BCUT2D eigenvalue weighted by Gasteiger charge is -2.51. The maximum absolute atomic E-state index is 13.6. The molecule has 4 aliphatic rings. The van der Waals surface area contributed by atoms with Crippen LogP contribution < -0.4 is 5.32 Å². The zero-order valence-corrected chi connectivity index (χ0v) is 22.5. The molecule has 1 aromatic carbocycles. The molecule has 210 valence electrons. The number of Topliss-reactive ketones (excluding diaryl/α,β-unsaturated/α-hetero) is 1. The fraction of sp³-hybridized carbons (Fsp3) is 0.552. The Hall–Kier alpha value is -3.21. The monoisotopic (exact) mass is 541 g/mol. The summed E-state index contributed by atoms with van der Waals surface area (Å²) >= 11 is 0. The molecular formula is C29H35NO9. The third kappa shape index (κ3) is 3.47. The Balaban J connectivity index is 1.69. The largest absolute Gasteiger partial charge is 0.506 e. The first kappa shape index (κ1) is 27.4. The number of ketones is 1. The quantitative estimate of drug-likeness (QED) is 0.276. The average molecular weight is 542 g/mol. The van der Waals surface area contributed by atoms with Gasteiger partial charge < -0.3 is 35.2 Å². The second-order valence-electron chi connectivity index (χ2n) is 11.8. The Morgan fingerprint density at radius 3 is 2.41 bits per heavy atom. The van der Waals surface area contributed by atoms with E-state index in [-0.39, 0.29) is 16.9 Å². The Labute approximate surface area is 226 Å². The number of ether oxygens (including phenoxy) is 2. The van der Waals surface area contributed by atoms with Crippen LogP contribution >= 0.6 is 0 Å². The fourth-order valence-electron chi connectivity index (χ4n) is 7.99. The highest BCUT2D eigenvalue weighted by Gasteiger charge is 2.87. The first-order valence-electron chi connectivity index (χ1n) is 13.1. The Bertz CT molecular complexity index is 1300. The molecule has 0 spiro atoms. The predicted octanol–water partition coefficient (Wildman–Crippen LogP) is 2.39. The summed E-state index contributed by atoms with van der Waals surface area (Å²) in [6.45, 7) is 6.29. The highest BCUT2D eigenvalue weighted by atomic mass is 16.7. The number of nitrogens with one attached hydrogen (secondary N) is 1. The van der Waals surface area contributed by atoms with Crippen molar-refractivity contribution in [3.63, 3.8) is 0 Å². The summed E-state index contributed by atoms with van der Waals surface area (Å²) in [7, 11) is 1.66. The molecule has 0 bridgehead atoms. The highest BCUT2D eigenvalue weighted by Crippen LogP contribution is 2.77. The van der Waals surface area contributed by atoms with Crippen molar-refractivity contribution in [2.75, 3.05) is 19.0 Å². The lowest BCUT2D eigenvalue weighted by Crippen LogP contribution is -2.64. The van der Waals surface area contributed by atoms with Crippen LogP contribution in [0.1, 0.15) is 38.1 Å². The molecule has 0 heterocycles. The summed E-state index contributed by atoms with van der Waals surface area (Å²) in [5.74, 6) is -5.41. The van der Waals surface area contributed by atoms with Gasteiger partial charge in [-0.2, -0.15) is 0 Å². The van der Waals surface area contributed by atoms with Crippen LogP contribution in [0.4, 0.5) is 10.5 Å². The van der Waals surface area contributed by atoms with Crippen LogP contribution in [0.5, 0.6) is 0 Å². The molecule has 10 nitrogen and oxygen atoms in total. The zero-order valence-electron chi connectivity index (χ0n) is 22.5. The van der Waals surface area contributed by atoms with Gasteiger partial charge in [-0.25, -0.2) is 9.59 Å². The van der Waals surface area contributed by atoms with Gasteiger partial charge in [0.05, 0.1) is 29.8 Å². The number of aliphatic hydroxyl groups excluding tert-OH is 2. The van der Waals surface area contributed by atoms with E-state index in [0.29, 0.717) is 11.3 Å². The number of para-hydroxylation sites is 1. The van der Waals surface area contributed by atoms with E-state index in [1.165, 1.54) is 0 Å². The van der Waals surface area contributed by atoms with Gasteiger partial charge in [0, 0.05) is 41.8 Å². The van der Waals surface area contributed by atoms with Crippen molar-refractivity contribution in [3.8, 4) is 0 Å². The van der Waals surface area contributed by atoms with Gasteiger partial charge >= 0.3 is 12.1 Å². The predicted molar refractivity (Wildman–Crippen MR) is 139 cm³/mol. The number of aliphatic hydroxyl groups is 3. The molecule has 0 unspecified atom stereocenters. The molecule has 0 aromatic heterocycles. The van der Waals surface area contributed by atoms with Gasteiger partial charge in [0.25, 0.3) is 0 Å². The maximum atomic E-state index is 13.6. The van der Waals surface area contributed by atoms with Crippen LogP contribution in [0.15, 0.2) is 47.6 Å². The molecule has 5 N–H and O–H groups in total. The maximum Gasteiger partial charge on any atom is 0.506 e. The van der Waals surface area contributed by atoms with Gasteiger partial charge in [0.2, 0.25) is 0 Å². The zero-order chi connectivity index (χ0) is 28.7. The second kappa shape index (κ2) is 8.90. The molecule has 1 aromatic rings. The van der Waals surface area contributed by atoms with Gasteiger partial charge in [-0.05, 0) is 30.2 Å². The van der Waals surface area contributed by atoms with Gasteiger partial charge in [0.1, 0.15) is 6.10 Å². The number of hydrogen-bond acceptors (Lipinski definition) is 9. The number of fused-ring (bicyclic) bond motifs is 5. The van der Waals surface area contributed by atoms with Crippen LogP contribution in [-0.2, 0) is 14.3 Å². The number of carbonyl (C=O) groups is 3. The molecule has 9 atom stereocenters. The normalized spacial score (nSPS) is 39.7. The Kier molecular flexibility index (Phi) is 6.25. The molecule has 0 aliphatic heterocycles. The molecular weight excluding hydrogens is 506 g/mol. The lowest BCUT2D eigenvalue weighted by molar-refractivity contribution is -0.197. The third-order valence-corrected chi connectivity index (χ3v) is 9.91. The number of allylic oxidation sites excluding steroid dienone is 1. The Morgan fingerprint density at radius 2 is 1.79 bits per heavy atom. The molecule has 10 heteroatoms. The Morgan fingerprint density at radius 1 is 1.13 bits per heavy atom. The first-order chi connectivity index (χ1) is 18.3. The van der Waals surface area contributed by atoms with Gasteiger partial charge in [-0.1, -0.05) is 45.1 Å². The highest BCUT2D eigenvalue weighted by molar-refractivity contribution is 6.00. The van der Waals surface area contributed by atoms with E-state index in [1.807, 2.05) is 0 Å². The molecule has 5 rings (SSSR count). The molecule has 39 heavy (non-hydrogen) atoms. The number of carboxylic acid groups (broad SMARTS) is 1. The second-order valence-corrected chi connectivity index (χ2v) is 11.8. The van der Waals surface area contributed by atoms with Crippen molar-refractivity contribution < 1.29 is 44.3 Å². The summed E-state index contributed by atoms with van der Waals surface area (Å²) in [6, 6.07) is 6.71. The van der Waals surface area contributed by atoms with Crippen molar-refractivity contribution >= 4 is 23.6 Å². The lowest BCUT2D eigenvalue weighted by atomic mass is 9.59. The van der Waals surface area contributed by atoms with E-state index in [4.69, 9.17) is 9.47 Å². The molecule has 2 fully saturated rings. The number of rotatable bonds is 5. The number of carbonyl (C=O) groups excluding carboxylic acids is 2. The minimum Gasteiger partial charge on any atom is -0.454 e. The summed E-state index contributed by atoms with van der Waals surface area (Å²) in [4.78, 5) is 38.8. The standard InChI is InChI=1S/C29H35NO9/c1-13-10-17-20(21(13)32)22(33)15(12-31)11-18-23-27(3,4)29(23,39-26(35)36)24(14(2)28(17,18)37)38-25(34)16-8-6-7-9-19(16)30-5/h6-11,14,17-18,20,22-24,30-31,33,37H,12H2,1-5H3,(H,35,36)/t14-,17-,18+,20+,22-,23-,24-,28+,29-/m1/s1. The van der Waals surface area contributed by atoms with Gasteiger partial charge in [-0.15, -0.1) is 0 Å². The van der Waals surface area contributed by atoms with Crippen molar-refractivity contribution in [1.29, 1.82) is 0 Å². The number of esters is 1. The van der Waals surface area contributed by atoms with E-state index >= 15 is 0 Å². The van der Waals surface area contributed by atoms with Crippen molar-refractivity contribution in [3.05, 3.63) is 53.1 Å². The van der Waals surface area contributed by atoms with Crippen LogP contribution in [0.2, 0.25) is 0 Å². The fourth-order valence-corrected chi connectivity index (χ4v) is 7.99. The molecule has 0 amide bonds. The molecule has 0 saturated heterocycles. The summed E-state index contributed by atoms with van der Waals surface area (Å²) in [5.41, 5.74) is -2.88. The number of anilines is 1. The van der Waals surface area contributed by atoms with E-state index < -0.39 is 77.1 Å². The van der Waals surface area contributed by atoms with E-state index in [1.54, 1.807) is 71.2 Å². The number of benzene rings is 1. The summed E-state index contributed by atoms with van der Waals surface area (Å²) in [6.07, 6.45) is -0.904.